The Morgan fingerprint density at radius 1 is 1.08 bits per heavy atom. The van der Waals surface area contributed by atoms with Crippen molar-refractivity contribution in [1.29, 1.82) is 0 Å². The van der Waals surface area contributed by atoms with Crippen molar-refractivity contribution in [2.45, 2.75) is 45.6 Å². The number of likely N-dealkylation sites (tertiary alicyclic amines) is 1. The third kappa shape index (κ3) is 3.60. The number of hydrogen-bond donors (Lipinski definition) is 1. The minimum Gasteiger partial charge on any atom is -0.347 e. The zero-order valence-corrected chi connectivity index (χ0v) is 14.9. The molecule has 1 N–H and O–H groups in total. The molecule has 1 heterocycles. The number of imide groups is 1. The Morgan fingerprint density at radius 3 is 2.16 bits per heavy atom. The average molecular weight is 342 g/mol. The van der Waals surface area contributed by atoms with Gasteiger partial charge in [0, 0.05) is 0 Å². The zero-order valence-electron chi connectivity index (χ0n) is 14.9. The van der Waals surface area contributed by atoms with E-state index in [4.69, 9.17) is 0 Å². The second kappa shape index (κ2) is 7.38. The third-order valence-corrected chi connectivity index (χ3v) is 5.38. The molecule has 5 heteroatoms. The largest absolute Gasteiger partial charge is 0.347 e. The number of amides is 3. The smallest absolute Gasteiger partial charge is 0.240 e. The van der Waals surface area contributed by atoms with E-state index in [2.05, 4.69) is 5.32 Å². The van der Waals surface area contributed by atoms with Crippen LogP contribution in [0.3, 0.4) is 0 Å². The van der Waals surface area contributed by atoms with Gasteiger partial charge in [-0.15, -0.1) is 0 Å². The molecule has 1 saturated heterocycles. The van der Waals surface area contributed by atoms with E-state index >= 15 is 0 Å². The summed E-state index contributed by atoms with van der Waals surface area (Å²) in [4.78, 5) is 38.7. The van der Waals surface area contributed by atoms with Gasteiger partial charge in [0.25, 0.3) is 0 Å². The van der Waals surface area contributed by atoms with E-state index in [0.29, 0.717) is 0 Å². The summed E-state index contributed by atoms with van der Waals surface area (Å²) in [7, 11) is 0. The fraction of sp³-hybridized carbons (Fsp3) is 0.550. The summed E-state index contributed by atoms with van der Waals surface area (Å²) in [5.74, 6) is -0.800. The molecule has 1 aromatic carbocycles. The molecule has 0 bridgehead atoms. The lowest BCUT2D eigenvalue weighted by Crippen LogP contribution is -2.43. The van der Waals surface area contributed by atoms with Crippen LogP contribution in [-0.4, -0.2) is 29.2 Å². The quantitative estimate of drug-likeness (QED) is 0.837. The molecular formula is C20H26N2O3. The Kier molecular flexibility index (Phi) is 5.21. The van der Waals surface area contributed by atoms with Crippen LogP contribution in [0.2, 0.25) is 0 Å². The summed E-state index contributed by atoms with van der Waals surface area (Å²) >= 11 is 0. The van der Waals surface area contributed by atoms with Crippen LogP contribution in [0.15, 0.2) is 30.3 Å². The molecule has 25 heavy (non-hydrogen) atoms. The molecule has 3 atom stereocenters. The number of carbonyl (C=O) groups is 3. The lowest BCUT2D eigenvalue weighted by molar-refractivity contribution is -0.143. The lowest BCUT2D eigenvalue weighted by atomic mass is 9.81. The SMILES string of the molecule is CC(C)C(NC(=O)CN1C(=O)C2CCCCC2C1=O)c1ccccc1. The fourth-order valence-electron chi connectivity index (χ4n) is 4.04. The average Bonchev–Trinajstić information content (AvgIpc) is 2.85. The molecule has 2 aliphatic rings. The van der Waals surface area contributed by atoms with Gasteiger partial charge in [0.15, 0.2) is 0 Å². The highest BCUT2D eigenvalue weighted by Crippen LogP contribution is 2.37. The normalized spacial score (nSPS) is 24.4. The number of hydrogen-bond acceptors (Lipinski definition) is 3. The number of rotatable bonds is 5. The molecule has 1 aromatic rings. The number of benzene rings is 1. The molecule has 3 amide bonds. The molecule has 0 radical (unpaired) electrons. The minimum atomic E-state index is -0.275. The van der Waals surface area contributed by atoms with E-state index in [9.17, 15) is 14.4 Å². The summed E-state index contributed by atoms with van der Waals surface area (Å²) in [6.45, 7) is 3.91. The van der Waals surface area contributed by atoms with E-state index < -0.39 is 0 Å². The highest BCUT2D eigenvalue weighted by molar-refractivity contribution is 6.07. The van der Waals surface area contributed by atoms with Gasteiger partial charge in [-0.05, 0) is 24.3 Å². The van der Waals surface area contributed by atoms with Crippen LogP contribution in [0.1, 0.15) is 51.1 Å². The monoisotopic (exact) mass is 342 g/mol. The van der Waals surface area contributed by atoms with Gasteiger partial charge >= 0.3 is 0 Å². The van der Waals surface area contributed by atoms with Crippen LogP contribution in [0, 0.1) is 17.8 Å². The van der Waals surface area contributed by atoms with Crippen molar-refractivity contribution < 1.29 is 14.4 Å². The first-order chi connectivity index (χ1) is 12.0. The summed E-state index contributed by atoms with van der Waals surface area (Å²) in [5.41, 5.74) is 1.03. The Labute approximate surface area is 148 Å². The van der Waals surface area contributed by atoms with Crippen molar-refractivity contribution in [3.8, 4) is 0 Å². The van der Waals surface area contributed by atoms with E-state index in [0.717, 1.165) is 31.2 Å². The number of nitrogens with one attached hydrogen (secondary N) is 1. The zero-order chi connectivity index (χ0) is 18.0. The van der Waals surface area contributed by atoms with Crippen LogP contribution in [0.25, 0.3) is 0 Å². The molecular weight excluding hydrogens is 316 g/mol. The Balaban J connectivity index is 1.67. The maximum absolute atomic E-state index is 12.5. The fourth-order valence-corrected chi connectivity index (χ4v) is 4.04. The number of nitrogens with zero attached hydrogens (tertiary/aromatic N) is 1. The van der Waals surface area contributed by atoms with E-state index in [1.807, 2.05) is 44.2 Å². The highest BCUT2D eigenvalue weighted by Gasteiger charge is 2.48. The van der Waals surface area contributed by atoms with Gasteiger partial charge in [-0.1, -0.05) is 57.0 Å². The summed E-state index contributed by atoms with van der Waals surface area (Å²) in [6, 6.07) is 9.64. The third-order valence-electron chi connectivity index (χ3n) is 5.38. The van der Waals surface area contributed by atoms with Crippen molar-refractivity contribution in [2.75, 3.05) is 6.54 Å². The number of carbonyl (C=O) groups excluding carboxylic acids is 3. The highest BCUT2D eigenvalue weighted by atomic mass is 16.2. The Morgan fingerprint density at radius 2 is 1.64 bits per heavy atom. The van der Waals surface area contributed by atoms with Crippen molar-refractivity contribution in [3.05, 3.63) is 35.9 Å². The predicted octanol–water partition coefficient (Wildman–Crippen LogP) is 2.68. The van der Waals surface area contributed by atoms with Crippen LogP contribution in [0.5, 0.6) is 0 Å². The second-order valence-electron chi connectivity index (χ2n) is 7.46. The molecule has 2 fully saturated rings. The first-order valence-electron chi connectivity index (χ1n) is 9.18. The van der Waals surface area contributed by atoms with E-state index in [-0.39, 0.29) is 48.1 Å². The molecule has 3 unspecified atom stereocenters. The standard InChI is InChI=1S/C20H26N2O3/c1-13(2)18(14-8-4-3-5-9-14)21-17(23)12-22-19(24)15-10-6-7-11-16(15)20(22)25/h3-5,8-9,13,15-16,18H,6-7,10-12H2,1-2H3,(H,21,23). The summed E-state index contributed by atoms with van der Waals surface area (Å²) < 4.78 is 0. The van der Waals surface area contributed by atoms with Crippen molar-refractivity contribution >= 4 is 17.7 Å². The maximum atomic E-state index is 12.5. The minimum absolute atomic E-state index is 0.135. The molecule has 1 aliphatic heterocycles. The van der Waals surface area contributed by atoms with Crippen molar-refractivity contribution in [3.63, 3.8) is 0 Å². The molecule has 1 saturated carbocycles. The van der Waals surface area contributed by atoms with Crippen LogP contribution >= 0.6 is 0 Å². The molecule has 0 aromatic heterocycles. The van der Waals surface area contributed by atoms with Gasteiger partial charge in [0.1, 0.15) is 6.54 Å². The second-order valence-corrected chi connectivity index (χ2v) is 7.46. The molecule has 3 rings (SSSR count). The van der Waals surface area contributed by atoms with E-state index in [1.165, 1.54) is 4.90 Å². The van der Waals surface area contributed by atoms with Crippen molar-refractivity contribution in [1.82, 2.24) is 10.2 Å². The maximum Gasteiger partial charge on any atom is 0.240 e. The first-order valence-corrected chi connectivity index (χ1v) is 9.18. The Hall–Kier alpha value is -2.17. The van der Waals surface area contributed by atoms with Gasteiger partial charge in [0.2, 0.25) is 17.7 Å². The van der Waals surface area contributed by atoms with Gasteiger partial charge in [0.05, 0.1) is 17.9 Å². The summed E-state index contributed by atoms with van der Waals surface area (Å²) in [6.07, 6.45) is 3.52. The molecule has 134 valence electrons. The van der Waals surface area contributed by atoms with Gasteiger partial charge < -0.3 is 5.32 Å². The van der Waals surface area contributed by atoms with Gasteiger partial charge in [-0.25, -0.2) is 0 Å². The lowest BCUT2D eigenvalue weighted by Gasteiger charge is -2.24. The van der Waals surface area contributed by atoms with Crippen molar-refractivity contribution in [2.24, 2.45) is 17.8 Å². The van der Waals surface area contributed by atoms with Crippen LogP contribution in [0.4, 0.5) is 0 Å². The van der Waals surface area contributed by atoms with Gasteiger partial charge in [-0.3, -0.25) is 19.3 Å². The summed E-state index contributed by atoms with van der Waals surface area (Å²) in [5, 5.41) is 3.00. The van der Waals surface area contributed by atoms with Crippen LogP contribution < -0.4 is 5.32 Å². The molecule has 1 aliphatic carbocycles. The molecule has 5 nitrogen and oxygen atoms in total. The predicted molar refractivity (Wildman–Crippen MR) is 94.3 cm³/mol. The Bertz CT molecular complexity index is 632. The van der Waals surface area contributed by atoms with Gasteiger partial charge in [-0.2, -0.15) is 0 Å². The van der Waals surface area contributed by atoms with E-state index in [1.54, 1.807) is 0 Å². The number of fused-ring (bicyclic) bond motifs is 1. The van der Waals surface area contributed by atoms with Crippen LogP contribution in [-0.2, 0) is 14.4 Å². The first kappa shape index (κ1) is 17.6. The topological polar surface area (TPSA) is 66.5 Å². The molecule has 0 spiro atoms.